The Morgan fingerprint density at radius 3 is 2.72 bits per heavy atom. The highest BCUT2D eigenvalue weighted by Gasteiger charge is 2.14. The summed E-state index contributed by atoms with van der Waals surface area (Å²) in [6, 6.07) is 10.3. The quantitative estimate of drug-likeness (QED) is 0.620. The first-order valence-electron chi connectivity index (χ1n) is 5.20. The molecule has 0 aliphatic carbocycles. The molecular formula is C13H7ClFNS2. The van der Waals surface area contributed by atoms with E-state index in [9.17, 15) is 4.39 Å². The van der Waals surface area contributed by atoms with Gasteiger partial charge in [-0.05, 0) is 29.7 Å². The number of aromatic nitrogens is 1. The Labute approximate surface area is 118 Å². The Hall–Kier alpha value is -1.10. The van der Waals surface area contributed by atoms with Crippen LogP contribution in [0.5, 0.6) is 0 Å². The summed E-state index contributed by atoms with van der Waals surface area (Å²) in [5, 5.41) is 1.42. The molecule has 1 aromatic heterocycles. The summed E-state index contributed by atoms with van der Waals surface area (Å²) in [5.41, 5.74) is 1.12. The first kappa shape index (κ1) is 12.0. The van der Waals surface area contributed by atoms with Crippen LogP contribution in [0.1, 0.15) is 0 Å². The molecular weight excluding hydrogens is 289 g/mol. The predicted molar refractivity (Wildman–Crippen MR) is 77.3 cm³/mol. The standard InChI is InChI=1S/C13H7ClFNS2/c14-11-10(17)6-5-8-12(16-18-13(8)11)7-3-1-2-4-9(7)15/h1-6,17H. The average Bonchev–Trinajstić information content (AvgIpc) is 2.79. The van der Waals surface area contributed by atoms with Gasteiger partial charge in [0.2, 0.25) is 0 Å². The van der Waals surface area contributed by atoms with Gasteiger partial charge in [-0.1, -0.05) is 29.8 Å². The summed E-state index contributed by atoms with van der Waals surface area (Å²) < 4.78 is 18.9. The van der Waals surface area contributed by atoms with Crippen molar-refractivity contribution in [2.45, 2.75) is 4.90 Å². The van der Waals surface area contributed by atoms with Gasteiger partial charge in [-0.15, -0.1) is 12.6 Å². The maximum absolute atomic E-state index is 13.8. The third-order valence-electron chi connectivity index (χ3n) is 2.69. The Balaban J connectivity index is 2.32. The van der Waals surface area contributed by atoms with Crippen molar-refractivity contribution in [3.05, 3.63) is 47.2 Å². The summed E-state index contributed by atoms with van der Waals surface area (Å²) in [5.74, 6) is -0.282. The van der Waals surface area contributed by atoms with Crippen LogP contribution in [0.2, 0.25) is 5.02 Å². The van der Waals surface area contributed by atoms with Crippen LogP contribution in [-0.4, -0.2) is 4.37 Å². The number of rotatable bonds is 1. The van der Waals surface area contributed by atoms with Gasteiger partial charge >= 0.3 is 0 Å². The molecule has 18 heavy (non-hydrogen) atoms. The lowest BCUT2D eigenvalue weighted by molar-refractivity contribution is 0.631. The first-order chi connectivity index (χ1) is 8.68. The van der Waals surface area contributed by atoms with Crippen molar-refractivity contribution >= 4 is 45.8 Å². The monoisotopic (exact) mass is 295 g/mol. The average molecular weight is 296 g/mol. The number of thiol groups is 1. The van der Waals surface area contributed by atoms with Crippen molar-refractivity contribution < 1.29 is 4.39 Å². The van der Waals surface area contributed by atoms with Crippen molar-refractivity contribution in [2.24, 2.45) is 0 Å². The second-order valence-electron chi connectivity index (χ2n) is 3.79. The van der Waals surface area contributed by atoms with Crippen LogP contribution in [0.3, 0.4) is 0 Å². The fourth-order valence-electron chi connectivity index (χ4n) is 1.81. The van der Waals surface area contributed by atoms with Crippen molar-refractivity contribution in [3.63, 3.8) is 0 Å². The summed E-state index contributed by atoms with van der Waals surface area (Å²) in [7, 11) is 0. The van der Waals surface area contributed by atoms with Crippen molar-refractivity contribution in [1.29, 1.82) is 0 Å². The molecule has 5 heteroatoms. The second-order valence-corrected chi connectivity index (χ2v) is 5.42. The Morgan fingerprint density at radius 2 is 1.94 bits per heavy atom. The Bertz CT molecular complexity index is 739. The summed E-state index contributed by atoms with van der Waals surface area (Å²) in [6.45, 7) is 0. The van der Waals surface area contributed by atoms with Crippen LogP contribution in [-0.2, 0) is 0 Å². The fourth-order valence-corrected chi connectivity index (χ4v) is 3.17. The molecule has 0 atom stereocenters. The van der Waals surface area contributed by atoms with Crippen LogP contribution < -0.4 is 0 Å². The van der Waals surface area contributed by atoms with Crippen LogP contribution >= 0.6 is 35.8 Å². The smallest absolute Gasteiger partial charge is 0.132 e. The van der Waals surface area contributed by atoms with E-state index in [-0.39, 0.29) is 5.82 Å². The van der Waals surface area contributed by atoms with Crippen molar-refractivity contribution in [3.8, 4) is 11.3 Å². The molecule has 90 valence electrons. The molecule has 0 spiro atoms. The lowest BCUT2D eigenvalue weighted by Crippen LogP contribution is -1.83. The van der Waals surface area contributed by atoms with Gasteiger partial charge in [-0.2, -0.15) is 4.37 Å². The predicted octanol–water partition coefficient (Wildman–Crippen LogP) is 5.04. The molecule has 1 nitrogen and oxygen atoms in total. The summed E-state index contributed by atoms with van der Waals surface area (Å²) in [4.78, 5) is 0.702. The van der Waals surface area contributed by atoms with E-state index < -0.39 is 0 Å². The minimum Gasteiger partial charge on any atom is -0.206 e. The van der Waals surface area contributed by atoms with E-state index in [4.69, 9.17) is 11.6 Å². The second kappa shape index (κ2) is 4.53. The van der Waals surface area contributed by atoms with Crippen LogP contribution in [0.4, 0.5) is 4.39 Å². The van der Waals surface area contributed by atoms with Crippen molar-refractivity contribution in [1.82, 2.24) is 4.37 Å². The molecule has 0 unspecified atom stereocenters. The number of benzene rings is 2. The molecule has 3 rings (SSSR count). The van der Waals surface area contributed by atoms with Crippen LogP contribution in [0, 0.1) is 5.82 Å². The van der Waals surface area contributed by atoms with E-state index in [2.05, 4.69) is 17.0 Å². The first-order valence-corrected chi connectivity index (χ1v) is 6.80. The van der Waals surface area contributed by atoms with E-state index in [1.54, 1.807) is 24.3 Å². The zero-order chi connectivity index (χ0) is 12.7. The zero-order valence-corrected chi connectivity index (χ0v) is 11.5. The highest BCUT2D eigenvalue weighted by molar-refractivity contribution is 7.80. The molecule has 3 aromatic rings. The minimum absolute atomic E-state index is 0.282. The van der Waals surface area contributed by atoms with Gasteiger partial charge in [-0.25, -0.2) is 4.39 Å². The number of fused-ring (bicyclic) bond motifs is 1. The Morgan fingerprint density at radius 1 is 1.17 bits per heavy atom. The third kappa shape index (κ3) is 1.81. The van der Waals surface area contributed by atoms with E-state index >= 15 is 0 Å². The van der Waals surface area contributed by atoms with E-state index in [0.717, 1.165) is 10.1 Å². The molecule has 0 N–H and O–H groups in total. The molecule has 0 radical (unpaired) electrons. The molecule has 0 bridgehead atoms. The van der Waals surface area contributed by atoms with Gasteiger partial charge in [-0.3, -0.25) is 0 Å². The fraction of sp³-hybridized carbons (Fsp3) is 0. The summed E-state index contributed by atoms with van der Waals surface area (Å²) in [6.07, 6.45) is 0. The van der Waals surface area contributed by atoms with Crippen molar-refractivity contribution in [2.75, 3.05) is 0 Å². The Kier molecular flexibility index (Phi) is 3.01. The van der Waals surface area contributed by atoms with Crippen LogP contribution in [0.15, 0.2) is 41.3 Å². The normalized spacial score (nSPS) is 11.1. The largest absolute Gasteiger partial charge is 0.206 e. The lowest BCUT2D eigenvalue weighted by atomic mass is 10.1. The molecule has 0 saturated carbocycles. The van der Waals surface area contributed by atoms with E-state index in [1.165, 1.54) is 17.6 Å². The molecule has 0 fully saturated rings. The van der Waals surface area contributed by atoms with Gasteiger partial charge in [0.1, 0.15) is 5.82 Å². The molecule has 0 saturated heterocycles. The highest BCUT2D eigenvalue weighted by atomic mass is 35.5. The van der Waals surface area contributed by atoms with E-state index in [0.29, 0.717) is 21.2 Å². The number of hydrogen-bond donors (Lipinski definition) is 1. The molecule has 2 aromatic carbocycles. The molecule has 0 aliphatic heterocycles. The minimum atomic E-state index is -0.282. The summed E-state index contributed by atoms with van der Waals surface area (Å²) >= 11 is 11.7. The van der Waals surface area contributed by atoms with Gasteiger partial charge in [0.25, 0.3) is 0 Å². The number of nitrogens with zero attached hydrogens (tertiary/aromatic N) is 1. The number of hydrogen-bond acceptors (Lipinski definition) is 3. The lowest BCUT2D eigenvalue weighted by Gasteiger charge is -2.01. The zero-order valence-electron chi connectivity index (χ0n) is 9.02. The third-order valence-corrected chi connectivity index (χ3v) is 4.58. The van der Waals surface area contributed by atoms with E-state index in [1.807, 2.05) is 6.07 Å². The van der Waals surface area contributed by atoms with Crippen LogP contribution in [0.25, 0.3) is 21.3 Å². The maximum atomic E-state index is 13.8. The molecule has 0 amide bonds. The van der Waals surface area contributed by atoms with Gasteiger partial charge < -0.3 is 0 Å². The molecule has 0 aliphatic rings. The van der Waals surface area contributed by atoms with Gasteiger partial charge in [0.15, 0.2) is 0 Å². The highest BCUT2D eigenvalue weighted by Crippen LogP contribution is 2.38. The molecule has 1 heterocycles. The van der Waals surface area contributed by atoms with Gasteiger partial charge in [0, 0.05) is 15.8 Å². The SMILES string of the molecule is Fc1ccccc1-c1nsc2c(Cl)c(S)ccc12. The van der Waals surface area contributed by atoms with Gasteiger partial charge in [0.05, 0.1) is 15.4 Å². The number of halogens is 2. The topological polar surface area (TPSA) is 12.9 Å². The maximum Gasteiger partial charge on any atom is 0.132 e.